The van der Waals surface area contributed by atoms with E-state index in [1.807, 2.05) is 24.3 Å². The van der Waals surface area contributed by atoms with E-state index in [0.29, 0.717) is 11.6 Å². The van der Waals surface area contributed by atoms with Crippen LogP contribution in [0.5, 0.6) is 0 Å². The molecule has 0 aliphatic carbocycles. The van der Waals surface area contributed by atoms with Crippen molar-refractivity contribution < 1.29 is 74.8 Å². The number of benzene rings is 2. The molecule has 8 aromatic rings. The molecule has 0 amide bonds. The zero-order chi connectivity index (χ0) is 57.3. The van der Waals surface area contributed by atoms with Crippen molar-refractivity contribution in [1.29, 1.82) is 0 Å². The number of rotatable bonds is 32. The summed E-state index contributed by atoms with van der Waals surface area (Å²) in [6.07, 6.45) is 41.7. The molecule has 0 spiro atoms. The van der Waals surface area contributed by atoms with E-state index in [4.69, 9.17) is 47.2 Å². The molecule has 0 saturated heterocycles. The van der Waals surface area contributed by atoms with Crippen LogP contribution in [0.15, 0.2) is 85.2 Å². The Morgan fingerprint density at radius 1 is 0.346 bits per heavy atom. The Labute approximate surface area is 491 Å². The van der Waals surface area contributed by atoms with Crippen molar-refractivity contribution in [3.05, 3.63) is 85.2 Å². The van der Waals surface area contributed by atoms with Crippen molar-refractivity contribution in [2.24, 2.45) is 0 Å². The minimum Gasteiger partial charge on any atom is -0.254 e. The molecule has 20 nitrogen and oxygen atoms in total. The summed E-state index contributed by atoms with van der Waals surface area (Å²) in [6.45, 7) is 6.18. The topological polar surface area (TPSA) is 323 Å². The fourth-order valence-corrected chi connectivity index (χ4v) is 9.47. The Morgan fingerprint density at radius 3 is 0.901 bits per heavy atom. The van der Waals surface area contributed by atoms with Crippen LogP contribution in [0.1, 0.15) is 194 Å². The van der Waals surface area contributed by atoms with Gasteiger partial charge in [-0.05, 0) is 47.5 Å². The minimum atomic E-state index is -4.94. The first-order valence-corrected chi connectivity index (χ1v) is 31.3. The van der Waals surface area contributed by atoms with E-state index >= 15 is 0 Å². The van der Waals surface area contributed by atoms with Crippen LogP contribution in [0, 0.1) is 20.5 Å². The molecular weight excluding hydrogens is 1120 g/mol. The first-order valence-electron chi connectivity index (χ1n) is 28.8. The second-order valence-electron chi connectivity index (χ2n) is 20.2. The van der Waals surface area contributed by atoms with Crippen molar-refractivity contribution in [3.8, 4) is 23.0 Å². The number of halogens is 2. The van der Waals surface area contributed by atoms with Gasteiger partial charge in [-0.2, -0.15) is 9.59 Å². The molecule has 0 bridgehead atoms. The van der Waals surface area contributed by atoms with Crippen molar-refractivity contribution in [2.45, 2.75) is 207 Å². The van der Waals surface area contributed by atoms with E-state index in [-0.39, 0.29) is 17.1 Å². The Balaban J connectivity index is 0.000000295. The number of nitrogens with zero attached hydrogens (tertiary/aromatic N) is 12. The van der Waals surface area contributed by atoms with Crippen LogP contribution in [0.4, 0.5) is 0 Å². The summed E-state index contributed by atoms with van der Waals surface area (Å²) < 4.78 is 67.9. The smallest absolute Gasteiger partial charge is 0.254 e. The van der Waals surface area contributed by atoms with Gasteiger partial charge < -0.3 is 0 Å². The Bertz CT molecular complexity index is 2750. The van der Waals surface area contributed by atoms with Crippen LogP contribution in [0.3, 0.4) is 0 Å². The summed E-state index contributed by atoms with van der Waals surface area (Å²) >= 11 is 0. The van der Waals surface area contributed by atoms with Gasteiger partial charge in [0.15, 0.2) is 0 Å². The van der Waals surface area contributed by atoms with Crippen LogP contribution in [0.25, 0.3) is 66.6 Å². The number of hydrogen-bond acceptors (Lipinski definition) is 18. The van der Waals surface area contributed by atoms with Crippen LogP contribution in [-0.4, -0.2) is 60.4 Å². The first kappa shape index (κ1) is 68.5. The molecule has 6 heterocycles. The van der Waals surface area contributed by atoms with Crippen molar-refractivity contribution in [3.63, 3.8) is 0 Å². The molecule has 2 aromatic carbocycles. The number of tetrazole rings is 2. The first-order chi connectivity index (χ1) is 38.7. The number of aryl methyl sites for hydroxylation is 2. The molecule has 0 atom stereocenters. The summed E-state index contributed by atoms with van der Waals surface area (Å²) in [5.74, 6) is 1.15. The van der Waals surface area contributed by atoms with Crippen molar-refractivity contribution >= 4 is 43.6 Å². The van der Waals surface area contributed by atoms with Gasteiger partial charge in [0.05, 0.1) is 35.2 Å². The van der Waals surface area contributed by atoms with Crippen LogP contribution < -0.4 is 37.3 Å². The van der Waals surface area contributed by atoms with Gasteiger partial charge in [0.25, 0.3) is 0 Å². The van der Waals surface area contributed by atoms with Gasteiger partial charge >= 0.3 is 17.1 Å². The Kier molecular flexibility index (Phi) is 32.7. The molecule has 0 aliphatic heterocycles. The zero-order valence-electron chi connectivity index (χ0n) is 47.0. The van der Waals surface area contributed by atoms with Crippen LogP contribution >= 0.6 is 0 Å². The monoisotopic (exact) mass is 1200 g/mol. The third-order valence-corrected chi connectivity index (χ3v) is 13.7. The molecule has 0 saturated carbocycles. The third kappa shape index (κ3) is 28.2. The summed E-state index contributed by atoms with van der Waals surface area (Å²) in [4.78, 5) is 22.1. The fourth-order valence-electron chi connectivity index (χ4n) is 9.47. The molecule has 0 N–H and O–H groups in total. The second kappa shape index (κ2) is 38.7. The third-order valence-electron chi connectivity index (χ3n) is 13.7. The predicted molar refractivity (Wildman–Crippen MR) is 288 cm³/mol. The van der Waals surface area contributed by atoms with E-state index in [2.05, 4.69) is 103 Å². The molecule has 442 valence electrons. The van der Waals surface area contributed by atoms with E-state index in [9.17, 15) is 0 Å². The Morgan fingerprint density at radius 2 is 0.605 bits per heavy atom. The Hall–Kier alpha value is -5.00. The van der Waals surface area contributed by atoms with Gasteiger partial charge in [-0.25, -0.2) is 47.2 Å². The number of pyridine rings is 4. The van der Waals surface area contributed by atoms with Gasteiger partial charge in [-0.1, -0.05) is 229 Å². The predicted octanol–water partition coefficient (Wildman–Crippen LogP) is 6.32. The number of aromatic nitrogens is 12. The molecule has 0 fully saturated rings. The normalized spacial score (nSPS) is 11.5. The molecule has 23 heteroatoms. The summed E-state index contributed by atoms with van der Waals surface area (Å²) in [5.41, 5.74) is 5.04. The summed E-state index contributed by atoms with van der Waals surface area (Å²) in [7, 11) is -9.89. The molecule has 0 aliphatic rings. The molecule has 0 unspecified atom stereocenters. The molecular formula is C58H80Cl2FeN12O8. The minimum absolute atomic E-state index is 0. The average Bonchev–Trinajstić information content (AvgIpc) is 4.18. The SMILES string of the molecule is CCCCCCCCCCCCCCCCn1nnc(-c2ccc3ccc4cccnc4c3n2)n1.CCCCCCCCCCCCCCCCn1nnc(-c2ccc3ccc4cccnc4c3n2)n1.[Fe+2].[O-][Cl+3]([O-])([O-])[O-].[O-][Cl+3]([O-])([O-])[O-]. The molecule has 8 rings (SSSR count). The molecule has 6 aromatic heterocycles. The summed E-state index contributed by atoms with van der Waals surface area (Å²) in [5, 5.41) is 30.5. The van der Waals surface area contributed by atoms with E-state index in [0.717, 1.165) is 80.9 Å². The maximum atomic E-state index is 8.49. The van der Waals surface area contributed by atoms with Gasteiger partial charge in [0.1, 0.15) is 11.4 Å². The van der Waals surface area contributed by atoms with E-state index in [1.165, 1.54) is 167 Å². The van der Waals surface area contributed by atoms with E-state index in [1.54, 1.807) is 22.0 Å². The van der Waals surface area contributed by atoms with Crippen LogP contribution in [-0.2, 0) is 30.2 Å². The average molecular weight is 1200 g/mol. The van der Waals surface area contributed by atoms with Gasteiger partial charge in [0.2, 0.25) is 11.6 Å². The number of hydrogen-bond donors (Lipinski definition) is 0. The maximum absolute atomic E-state index is 8.49. The fraction of sp³-hybridized carbons (Fsp3) is 0.552. The van der Waals surface area contributed by atoms with Crippen molar-refractivity contribution in [1.82, 2.24) is 60.4 Å². The van der Waals surface area contributed by atoms with Gasteiger partial charge in [0, 0.05) is 33.9 Å². The zero-order valence-corrected chi connectivity index (χ0v) is 49.7. The molecule has 81 heavy (non-hydrogen) atoms. The largest absolute Gasteiger partial charge is 2.00 e. The standard InChI is InChI=1S/2C29H40N6.2ClHO4.Fe/c2*1-2-3-4-5-6-7-8-9-10-11-12-13-14-15-23-35-33-29(32-34-35)26-21-20-25-19-18-24-17-16-22-30-27(24)28(25)31-26;2*2-1(3,4)5;/h2*16-22H,2-15,23H2,1H3;2*(H,2,3,4,5);/q;;;;+2/p-2. The van der Waals surface area contributed by atoms with Gasteiger partial charge in [-0.3, -0.25) is 9.97 Å². The summed E-state index contributed by atoms with van der Waals surface area (Å²) in [6, 6.07) is 24.4. The number of unbranched alkanes of at least 4 members (excludes halogenated alkanes) is 26. The molecule has 0 radical (unpaired) electrons. The van der Waals surface area contributed by atoms with E-state index < -0.39 is 20.5 Å². The van der Waals surface area contributed by atoms with Crippen molar-refractivity contribution in [2.75, 3.05) is 0 Å². The second-order valence-corrected chi connectivity index (χ2v) is 21.7. The maximum Gasteiger partial charge on any atom is 2.00 e. The van der Waals surface area contributed by atoms with Crippen LogP contribution in [0.2, 0.25) is 0 Å². The quantitative estimate of drug-likeness (QED) is 0.0253. The van der Waals surface area contributed by atoms with Gasteiger partial charge in [-0.15, -0.1) is 40.9 Å². The number of fused-ring (bicyclic) bond motifs is 6.